The Morgan fingerprint density at radius 1 is 1.67 bits per heavy atom. The third-order valence-electron chi connectivity index (χ3n) is 2.49. The first-order valence-electron chi connectivity index (χ1n) is 4.71. The van der Waals surface area contributed by atoms with Crippen molar-refractivity contribution in [3.05, 3.63) is 29.3 Å². The summed E-state index contributed by atoms with van der Waals surface area (Å²) in [6.07, 6.45) is -0.0260. The highest BCUT2D eigenvalue weighted by molar-refractivity contribution is 5.70. The van der Waals surface area contributed by atoms with Crippen LogP contribution in [0.5, 0.6) is 5.75 Å². The van der Waals surface area contributed by atoms with Crippen molar-refractivity contribution in [3.63, 3.8) is 0 Å². The SMILES string of the molecule is COC(=O)CC1OCc2cc(O)ccc21. The number of hydrogen-bond donors (Lipinski definition) is 1. The van der Waals surface area contributed by atoms with Crippen LogP contribution in [0.4, 0.5) is 0 Å². The maximum atomic E-state index is 11.1. The maximum Gasteiger partial charge on any atom is 0.308 e. The van der Waals surface area contributed by atoms with Gasteiger partial charge in [-0.25, -0.2) is 0 Å². The van der Waals surface area contributed by atoms with Crippen molar-refractivity contribution in [1.82, 2.24) is 0 Å². The molecule has 4 heteroatoms. The molecule has 0 fully saturated rings. The fourth-order valence-electron chi connectivity index (χ4n) is 1.72. The molecule has 4 nitrogen and oxygen atoms in total. The smallest absolute Gasteiger partial charge is 0.308 e. The van der Waals surface area contributed by atoms with Gasteiger partial charge in [-0.05, 0) is 23.3 Å². The molecule has 0 saturated carbocycles. The summed E-state index contributed by atoms with van der Waals surface area (Å²) in [4.78, 5) is 11.1. The predicted octanol–water partition coefficient (Wildman–Crippen LogP) is 1.53. The largest absolute Gasteiger partial charge is 0.508 e. The number of ether oxygens (including phenoxy) is 2. The molecule has 1 N–H and O–H groups in total. The Kier molecular flexibility index (Phi) is 2.60. The quantitative estimate of drug-likeness (QED) is 0.749. The van der Waals surface area contributed by atoms with Crippen molar-refractivity contribution in [2.45, 2.75) is 19.1 Å². The molecule has 0 amide bonds. The summed E-state index contributed by atoms with van der Waals surface area (Å²) in [5.41, 5.74) is 1.89. The Morgan fingerprint density at radius 2 is 2.47 bits per heavy atom. The van der Waals surface area contributed by atoms with E-state index < -0.39 is 0 Å². The standard InChI is InChI=1S/C11H12O4/c1-14-11(13)5-10-9-3-2-8(12)4-7(9)6-15-10/h2-4,10,12H,5-6H2,1H3. The molecule has 1 atom stereocenters. The number of aromatic hydroxyl groups is 1. The lowest BCUT2D eigenvalue weighted by Crippen LogP contribution is -2.07. The summed E-state index contributed by atoms with van der Waals surface area (Å²) in [5, 5.41) is 9.26. The lowest BCUT2D eigenvalue weighted by atomic mass is 10.0. The summed E-state index contributed by atoms with van der Waals surface area (Å²) >= 11 is 0. The van der Waals surface area contributed by atoms with Crippen LogP contribution in [0.3, 0.4) is 0 Å². The van der Waals surface area contributed by atoms with Gasteiger partial charge in [0.1, 0.15) is 5.75 Å². The van der Waals surface area contributed by atoms with Gasteiger partial charge in [-0.3, -0.25) is 4.79 Å². The second kappa shape index (κ2) is 3.90. The van der Waals surface area contributed by atoms with E-state index in [1.807, 2.05) is 0 Å². The molecule has 1 unspecified atom stereocenters. The van der Waals surface area contributed by atoms with Crippen LogP contribution in [0, 0.1) is 0 Å². The average Bonchev–Trinajstić information content (AvgIpc) is 2.60. The van der Waals surface area contributed by atoms with E-state index in [0.29, 0.717) is 6.61 Å². The summed E-state index contributed by atoms with van der Waals surface area (Å²) in [5.74, 6) is -0.0722. The molecule has 0 aromatic heterocycles. The zero-order chi connectivity index (χ0) is 10.8. The second-order valence-corrected chi connectivity index (χ2v) is 3.46. The number of fused-ring (bicyclic) bond motifs is 1. The van der Waals surface area contributed by atoms with Crippen molar-refractivity contribution in [1.29, 1.82) is 0 Å². The molecule has 1 aliphatic heterocycles. The first-order valence-corrected chi connectivity index (χ1v) is 4.71. The number of esters is 1. The monoisotopic (exact) mass is 208 g/mol. The first-order chi connectivity index (χ1) is 7.20. The molecule has 1 aromatic carbocycles. The number of phenolic OH excluding ortho intramolecular Hbond substituents is 1. The maximum absolute atomic E-state index is 11.1. The van der Waals surface area contributed by atoms with E-state index in [1.165, 1.54) is 7.11 Å². The predicted molar refractivity (Wildman–Crippen MR) is 52.3 cm³/mol. The van der Waals surface area contributed by atoms with Crippen LogP contribution in [0.1, 0.15) is 23.7 Å². The highest BCUT2D eigenvalue weighted by atomic mass is 16.5. The van der Waals surface area contributed by atoms with Gasteiger partial charge in [0.15, 0.2) is 0 Å². The molecule has 0 bridgehead atoms. The van der Waals surface area contributed by atoms with Crippen molar-refractivity contribution in [3.8, 4) is 5.75 Å². The fraction of sp³-hybridized carbons (Fsp3) is 0.364. The molecule has 0 saturated heterocycles. The molecule has 2 rings (SSSR count). The van der Waals surface area contributed by atoms with Crippen LogP contribution in [-0.2, 0) is 20.9 Å². The lowest BCUT2D eigenvalue weighted by molar-refractivity contribution is -0.143. The van der Waals surface area contributed by atoms with E-state index >= 15 is 0 Å². The number of benzene rings is 1. The summed E-state index contributed by atoms with van der Waals surface area (Å²) in [6, 6.07) is 5.04. The van der Waals surface area contributed by atoms with E-state index in [9.17, 15) is 9.90 Å². The van der Waals surface area contributed by atoms with E-state index in [0.717, 1.165) is 11.1 Å². The number of carbonyl (C=O) groups excluding carboxylic acids is 1. The topological polar surface area (TPSA) is 55.8 Å². The molecule has 15 heavy (non-hydrogen) atoms. The van der Waals surface area contributed by atoms with E-state index in [1.54, 1.807) is 18.2 Å². The minimum absolute atomic E-state index is 0.217. The van der Waals surface area contributed by atoms with Gasteiger partial charge in [-0.15, -0.1) is 0 Å². The van der Waals surface area contributed by atoms with Crippen LogP contribution in [-0.4, -0.2) is 18.2 Å². The number of hydrogen-bond acceptors (Lipinski definition) is 4. The highest BCUT2D eigenvalue weighted by Gasteiger charge is 2.25. The van der Waals surface area contributed by atoms with Crippen molar-refractivity contribution in [2.24, 2.45) is 0 Å². The number of carbonyl (C=O) groups is 1. The molecule has 1 heterocycles. The Balaban J connectivity index is 2.18. The molecule has 1 aliphatic rings. The van der Waals surface area contributed by atoms with Crippen LogP contribution < -0.4 is 0 Å². The van der Waals surface area contributed by atoms with E-state index in [2.05, 4.69) is 4.74 Å². The number of phenols is 1. The Hall–Kier alpha value is -1.55. The van der Waals surface area contributed by atoms with Gasteiger partial charge in [0.2, 0.25) is 0 Å². The van der Waals surface area contributed by atoms with Crippen LogP contribution in [0.2, 0.25) is 0 Å². The van der Waals surface area contributed by atoms with Crippen molar-refractivity contribution < 1.29 is 19.4 Å². The summed E-state index contributed by atoms with van der Waals surface area (Å²) in [7, 11) is 1.36. The summed E-state index contributed by atoms with van der Waals surface area (Å²) < 4.78 is 10.0. The zero-order valence-electron chi connectivity index (χ0n) is 8.40. The third-order valence-corrected chi connectivity index (χ3v) is 2.49. The van der Waals surface area contributed by atoms with Crippen molar-refractivity contribution >= 4 is 5.97 Å². The molecule has 0 spiro atoms. The summed E-state index contributed by atoms with van der Waals surface area (Å²) in [6.45, 7) is 0.436. The fourth-order valence-corrected chi connectivity index (χ4v) is 1.72. The first kappa shape index (κ1) is 9.98. The van der Waals surface area contributed by atoms with Gasteiger partial charge >= 0.3 is 5.97 Å². The molecule has 0 radical (unpaired) electrons. The molecule has 0 aliphatic carbocycles. The minimum Gasteiger partial charge on any atom is -0.508 e. The molecule has 80 valence electrons. The number of rotatable bonds is 2. The second-order valence-electron chi connectivity index (χ2n) is 3.46. The normalized spacial score (nSPS) is 18.6. The van der Waals surface area contributed by atoms with Gasteiger partial charge in [0.05, 0.1) is 26.2 Å². The Bertz CT molecular complexity index is 386. The average molecular weight is 208 g/mol. The zero-order valence-corrected chi connectivity index (χ0v) is 8.40. The van der Waals surface area contributed by atoms with Crippen LogP contribution in [0.15, 0.2) is 18.2 Å². The van der Waals surface area contributed by atoms with Crippen molar-refractivity contribution in [2.75, 3.05) is 7.11 Å². The highest BCUT2D eigenvalue weighted by Crippen LogP contribution is 2.34. The minimum atomic E-state index is -0.291. The van der Waals surface area contributed by atoms with Crippen LogP contribution in [0.25, 0.3) is 0 Å². The Morgan fingerprint density at radius 3 is 3.20 bits per heavy atom. The molecular formula is C11H12O4. The van der Waals surface area contributed by atoms with Gasteiger partial charge in [0.25, 0.3) is 0 Å². The molecule has 1 aromatic rings. The van der Waals surface area contributed by atoms with Gasteiger partial charge in [-0.2, -0.15) is 0 Å². The van der Waals surface area contributed by atoms with Gasteiger partial charge in [0, 0.05) is 0 Å². The van der Waals surface area contributed by atoms with E-state index in [4.69, 9.17) is 4.74 Å². The Labute approximate surface area is 87.4 Å². The lowest BCUT2D eigenvalue weighted by Gasteiger charge is -2.08. The van der Waals surface area contributed by atoms with Crippen LogP contribution >= 0.6 is 0 Å². The van der Waals surface area contributed by atoms with E-state index in [-0.39, 0.29) is 24.2 Å². The third kappa shape index (κ3) is 1.94. The molecular weight excluding hydrogens is 196 g/mol. The number of methoxy groups -OCH3 is 1. The van der Waals surface area contributed by atoms with Gasteiger partial charge in [-0.1, -0.05) is 6.07 Å². The van der Waals surface area contributed by atoms with Gasteiger partial charge < -0.3 is 14.6 Å².